The zero-order valence-corrected chi connectivity index (χ0v) is 12.9. The number of fused-ring (bicyclic) bond motifs is 1. The molecule has 0 amide bonds. The summed E-state index contributed by atoms with van der Waals surface area (Å²) in [5, 5.41) is 23.1. The smallest absolute Gasteiger partial charge is 0.0914 e. The zero-order chi connectivity index (χ0) is 15.5. The molecule has 0 radical (unpaired) electrons. The molecule has 0 spiro atoms. The van der Waals surface area contributed by atoms with Gasteiger partial charge in [0.05, 0.1) is 12.3 Å². The molecular formula is C18H21N3O. The van der Waals surface area contributed by atoms with Crippen molar-refractivity contribution in [2.45, 2.75) is 26.0 Å². The first-order valence-corrected chi connectivity index (χ1v) is 7.55. The van der Waals surface area contributed by atoms with Gasteiger partial charge in [-0.1, -0.05) is 36.4 Å². The van der Waals surface area contributed by atoms with Crippen molar-refractivity contribution in [2.75, 3.05) is 6.54 Å². The Morgan fingerprint density at radius 3 is 2.68 bits per heavy atom. The SMILES string of the molecule is Cc1[nH]ncc1C(C)NCC(O)c1ccc2ccccc2c1. The van der Waals surface area contributed by atoms with Crippen LogP contribution in [0.25, 0.3) is 10.8 Å². The van der Waals surface area contributed by atoms with E-state index >= 15 is 0 Å². The predicted molar refractivity (Wildman–Crippen MR) is 88.7 cm³/mol. The summed E-state index contributed by atoms with van der Waals surface area (Å²) < 4.78 is 0. The van der Waals surface area contributed by atoms with E-state index in [0.717, 1.165) is 22.2 Å². The van der Waals surface area contributed by atoms with E-state index in [4.69, 9.17) is 0 Å². The van der Waals surface area contributed by atoms with Crippen molar-refractivity contribution in [3.8, 4) is 0 Å². The second kappa shape index (κ2) is 6.30. The van der Waals surface area contributed by atoms with Crippen LogP contribution >= 0.6 is 0 Å². The van der Waals surface area contributed by atoms with Crippen molar-refractivity contribution in [3.05, 3.63) is 65.5 Å². The molecule has 0 aliphatic heterocycles. The fourth-order valence-electron chi connectivity index (χ4n) is 2.73. The van der Waals surface area contributed by atoms with Crippen LogP contribution in [0.15, 0.2) is 48.7 Å². The molecular weight excluding hydrogens is 274 g/mol. The maximum atomic E-state index is 10.4. The lowest BCUT2D eigenvalue weighted by atomic mass is 10.0. The van der Waals surface area contributed by atoms with Gasteiger partial charge in [-0.05, 0) is 36.2 Å². The Kier molecular flexibility index (Phi) is 4.22. The minimum Gasteiger partial charge on any atom is -0.387 e. The number of H-pyrrole nitrogens is 1. The summed E-state index contributed by atoms with van der Waals surface area (Å²) in [6.07, 6.45) is 1.30. The summed E-state index contributed by atoms with van der Waals surface area (Å²) >= 11 is 0. The molecule has 1 aromatic heterocycles. The lowest BCUT2D eigenvalue weighted by molar-refractivity contribution is 0.171. The maximum absolute atomic E-state index is 10.4. The first-order chi connectivity index (χ1) is 10.6. The van der Waals surface area contributed by atoms with E-state index in [-0.39, 0.29) is 6.04 Å². The minimum atomic E-state index is -0.528. The highest BCUT2D eigenvalue weighted by atomic mass is 16.3. The van der Waals surface area contributed by atoms with Crippen molar-refractivity contribution in [3.63, 3.8) is 0 Å². The van der Waals surface area contributed by atoms with Crippen LogP contribution in [0.4, 0.5) is 0 Å². The van der Waals surface area contributed by atoms with Gasteiger partial charge in [0.25, 0.3) is 0 Å². The number of aliphatic hydroxyl groups excluding tert-OH is 1. The van der Waals surface area contributed by atoms with Crippen molar-refractivity contribution in [1.82, 2.24) is 15.5 Å². The molecule has 2 atom stereocenters. The molecule has 22 heavy (non-hydrogen) atoms. The highest BCUT2D eigenvalue weighted by Crippen LogP contribution is 2.21. The third-order valence-electron chi connectivity index (χ3n) is 4.11. The maximum Gasteiger partial charge on any atom is 0.0914 e. The van der Waals surface area contributed by atoms with Crippen molar-refractivity contribution >= 4 is 10.8 Å². The Morgan fingerprint density at radius 2 is 1.95 bits per heavy atom. The summed E-state index contributed by atoms with van der Waals surface area (Å²) in [6.45, 7) is 4.58. The Labute approximate surface area is 130 Å². The normalized spacial score (nSPS) is 14.1. The zero-order valence-electron chi connectivity index (χ0n) is 12.9. The molecule has 0 fully saturated rings. The molecule has 1 heterocycles. The monoisotopic (exact) mass is 295 g/mol. The number of nitrogens with zero attached hydrogens (tertiary/aromatic N) is 1. The Hall–Kier alpha value is -2.17. The number of rotatable bonds is 5. The van der Waals surface area contributed by atoms with Crippen LogP contribution in [-0.4, -0.2) is 21.8 Å². The molecule has 2 unspecified atom stereocenters. The van der Waals surface area contributed by atoms with Crippen LogP contribution in [0.3, 0.4) is 0 Å². The number of aryl methyl sites for hydroxylation is 1. The lowest BCUT2D eigenvalue weighted by Crippen LogP contribution is -2.24. The molecule has 2 aromatic carbocycles. The van der Waals surface area contributed by atoms with E-state index in [9.17, 15) is 5.11 Å². The number of hydrogen-bond acceptors (Lipinski definition) is 3. The van der Waals surface area contributed by atoms with Crippen LogP contribution in [0, 0.1) is 6.92 Å². The second-order valence-corrected chi connectivity index (χ2v) is 5.70. The van der Waals surface area contributed by atoms with Crippen molar-refractivity contribution in [2.24, 2.45) is 0 Å². The van der Waals surface area contributed by atoms with Gasteiger partial charge in [0.2, 0.25) is 0 Å². The topological polar surface area (TPSA) is 60.9 Å². The first-order valence-electron chi connectivity index (χ1n) is 7.55. The van der Waals surface area contributed by atoms with E-state index in [1.54, 1.807) is 0 Å². The Bertz CT molecular complexity index is 766. The largest absolute Gasteiger partial charge is 0.387 e. The Balaban J connectivity index is 1.68. The van der Waals surface area contributed by atoms with E-state index < -0.39 is 6.10 Å². The van der Waals surface area contributed by atoms with E-state index in [2.05, 4.69) is 46.7 Å². The number of aromatic amines is 1. The molecule has 114 valence electrons. The number of aromatic nitrogens is 2. The van der Waals surface area contributed by atoms with Gasteiger partial charge in [-0.3, -0.25) is 5.10 Å². The van der Waals surface area contributed by atoms with Crippen LogP contribution in [0.5, 0.6) is 0 Å². The lowest BCUT2D eigenvalue weighted by Gasteiger charge is -2.17. The first kappa shape index (κ1) is 14.8. The summed E-state index contributed by atoms with van der Waals surface area (Å²) in [5.74, 6) is 0. The number of benzene rings is 2. The van der Waals surface area contributed by atoms with Gasteiger partial charge >= 0.3 is 0 Å². The molecule has 0 bridgehead atoms. The summed E-state index contributed by atoms with van der Waals surface area (Å²) in [5.41, 5.74) is 3.12. The molecule has 3 rings (SSSR count). The van der Waals surface area contributed by atoms with Gasteiger partial charge in [0, 0.05) is 23.8 Å². The van der Waals surface area contributed by atoms with Crippen LogP contribution < -0.4 is 5.32 Å². The molecule has 4 nitrogen and oxygen atoms in total. The van der Waals surface area contributed by atoms with Crippen molar-refractivity contribution in [1.29, 1.82) is 0 Å². The quantitative estimate of drug-likeness (QED) is 0.677. The number of nitrogens with one attached hydrogen (secondary N) is 2. The van der Waals surface area contributed by atoms with Gasteiger partial charge in [0.15, 0.2) is 0 Å². The molecule has 3 aromatic rings. The van der Waals surface area contributed by atoms with Gasteiger partial charge in [0.1, 0.15) is 0 Å². The average Bonchev–Trinajstić information content (AvgIpc) is 2.98. The summed E-state index contributed by atoms with van der Waals surface area (Å²) in [6, 6.07) is 14.4. The van der Waals surface area contributed by atoms with E-state index in [1.165, 1.54) is 5.39 Å². The summed E-state index contributed by atoms with van der Waals surface area (Å²) in [4.78, 5) is 0. The van der Waals surface area contributed by atoms with E-state index in [1.807, 2.05) is 31.3 Å². The predicted octanol–water partition coefficient (Wildman–Crippen LogP) is 3.26. The fraction of sp³-hybridized carbons (Fsp3) is 0.278. The van der Waals surface area contributed by atoms with E-state index in [0.29, 0.717) is 6.54 Å². The van der Waals surface area contributed by atoms with Crippen LogP contribution in [0.1, 0.15) is 35.9 Å². The van der Waals surface area contributed by atoms with Crippen molar-refractivity contribution < 1.29 is 5.11 Å². The molecule has 0 saturated carbocycles. The summed E-state index contributed by atoms with van der Waals surface area (Å²) in [7, 11) is 0. The molecule has 4 heteroatoms. The molecule has 0 aliphatic carbocycles. The molecule has 3 N–H and O–H groups in total. The third-order valence-corrected chi connectivity index (χ3v) is 4.11. The van der Waals surface area contributed by atoms with Gasteiger partial charge < -0.3 is 10.4 Å². The standard InChI is InChI=1S/C18H21N3O/c1-12(17-10-20-21-13(17)2)19-11-18(22)16-8-7-14-5-3-4-6-15(14)9-16/h3-10,12,18-19,22H,11H2,1-2H3,(H,20,21). The van der Waals surface area contributed by atoms with Gasteiger partial charge in [-0.15, -0.1) is 0 Å². The number of aliphatic hydroxyl groups is 1. The fourth-order valence-corrected chi connectivity index (χ4v) is 2.73. The minimum absolute atomic E-state index is 0.147. The highest BCUT2D eigenvalue weighted by Gasteiger charge is 2.13. The second-order valence-electron chi connectivity index (χ2n) is 5.70. The van der Waals surface area contributed by atoms with Gasteiger partial charge in [-0.25, -0.2) is 0 Å². The average molecular weight is 295 g/mol. The molecule has 0 saturated heterocycles. The van der Waals surface area contributed by atoms with Crippen LogP contribution in [0.2, 0.25) is 0 Å². The highest BCUT2D eigenvalue weighted by molar-refractivity contribution is 5.83. The third kappa shape index (κ3) is 3.03. The number of hydrogen-bond donors (Lipinski definition) is 3. The Morgan fingerprint density at radius 1 is 1.18 bits per heavy atom. The van der Waals surface area contributed by atoms with Gasteiger partial charge in [-0.2, -0.15) is 5.10 Å². The molecule has 0 aliphatic rings. The van der Waals surface area contributed by atoms with Crippen LogP contribution in [-0.2, 0) is 0 Å².